The van der Waals surface area contributed by atoms with E-state index in [1.807, 2.05) is 0 Å². The van der Waals surface area contributed by atoms with Gasteiger partial charge in [0.25, 0.3) is 5.91 Å². The van der Waals surface area contributed by atoms with Crippen LogP contribution in [-0.2, 0) is 10.2 Å². The van der Waals surface area contributed by atoms with E-state index in [1.165, 1.54) is 18.2 Å². The second-order valence-electron chi connectivity index (χ2n) is 10.3. The largest absolute Gasteiger partial charge is 0.374 e. The van der Waals surface area contributed by atoms with E-state index < -0.39 is 17.0 Å². The van der Waals surface area contributed by atoms with Crippen LogP contribution in [-0.4, -0.2) is 62.0 Å². The Morgan fingerprint density at radius 2 is 2.00 bits per heavy atom. The molecular weight excluding hydrogens is 454 g/mol. The smallest absolute Gasteiger partial charge is 0.291 e. The van der Waals surface area contributed by atoms with Crippen molar-refractivity contribution in [3.63, 3.8) is 0 Å². The molecule has 35 heavy (non-hydrogen) atoms. The number of aromatic amines is 1. The van der Waals surface area contributed by atoms with E-state index >= 15 is 0 Å². The maximum Gasteiger partial charge on any atom is 0.291 e. The normalized spacial score (nSPS) is 26.7. The van der Waals surface area contributed by atoms with Crippen molar-refractivity contribution in [2.45, 2.75) is 51.0 Å². The van der Waals surface area contributed by atoms with Gasteiger partial charge in [-0.25, -0.2) is 13.8 Å². The first-order valence-electron chi connectivity index (χ1n) is 11.9. The lowest BCUT2D eigenvalue weighted by Gasteiger charge is -2.47. The quantitative estimate of drug-likeness (QED) is 0.616. The minimum Gasteiger partial charge on any atom is -0.374 e. The SMILES string of the molecule is Cc1n[nH]c(C(=O)N2CCO[C@@H]([C@@]34CC[C@@H](c5cc(-c6c(F)cccc6F)nnc53)C4(C)C)C2)n1. The average Bonchev–Trinajstić information content (AvgIpc) is 3.45. The van der Waals surface area contributed by atoms with Crippen LogP contribution >= 0.6 is 0 Å². The van der Waals surface area contributed by atoms with Crippen LogP contribution in [0.4, 0.5) is 8.78 Å². The highest BCUT2D eigenvalue weighted by Crippen LogP contribution is 2.69. The van der Waals surface area contributed by atoms with Crippen molar-refractivity contribution in [1.29, 1.82) is 0 Å². The molecule has 3 aromatic rings. The van der Waals surface area contributed by atoms with Crippen LogP contribution in [0.5, 0.6) is 0 Å². The fourth-order valence-corrected chi connectivity index (χ4v) is 6.67. The number of benzene rings is 1. The molecule has 0 unspecified atom stereocenters. The van der Waals surface area contributed by atoms with Crippen LogP contribution < -0.4 is 0 Å². The van der Waals surface area contributed by atoms with Crippen LogP contribution in [0.3, 0.4) is 0 Å². The van der Waals surface area contributed by atoms with Gasteiger partial charge in [0.15, 0.2) is 0 Å². The van der Waals surface area contributed by atoms with Crippen molar-refractivity contribution in [3.05, 3.63) is 58.8 Å². The van der Waals surface area contributed by atoms with Crippen molar-refractivity contribution in [3.8, 4) is 11.3 Å². The Bertz CT molecular complexity index is 1320. The number of nitrogens with one attached hydrogen (secondary N) is 1. The van der Waals surface area contributed by atoms with Gasteiger partial charge in [-0.2, -0.15) is 15.3 Å². The first-order chi connectivity index (χ1) is 16.7. The second-order valence-corrected chi connectivity index (χ2v) is 10.3. The minimum atomic E-state index is -0.663. The average molecular weight is 481 g/mol. The Labute approximate surface area is 201 Å². The van der Waals surface area contributed by atoms with Gasteiger partial charge in [-0.1, -0.05) is 19.9 Å². The van der Waals surface area contributed by atoms with Crippen LogP contribution in [0.25, 0.3) is 11.3 Å². The van der Waals surface area contributed by atoms with E-state index in [1.54, 1.807) is 17.9 Å². The third-order valence-electron chi connectivity index (χ3n) is 8.39. The number of carbonyl (C=O) groups is 1. The summed E-state index contributed by atoms with van der Waals surface area (Å²) in [5, 5.41) is 15.5. The summed E-state index contributed by atoms with van der Waals surface area (Å²) in [5.74, 6) is -0.663. The molecule has 2 aliphatic carbocycles. The molecule has 1 aromatic carbocycles. The number of fused-ring (bicyclic) bond motifs is 5. The highest BCUT2D eigenvalue weighted by Gasteiger charge is 2.67. The van der Waals surface area contributed by atoms with Gasteiger partial charge < -0.3 is 9.64 Å². The van der Waals surface area contributed by atoms with Gasteiger partial charge in [0, 0.05) is 18.5 Å². The van der Waals surface area contributed by atoms with E-state index in [2.05, 4.69) is 39.2 Å². The number of nitrogens with zero attached hydrogens (tertiary/aromatic N) is 5. The summed E-state index contributed by atoms with van der Waals surface area (Å²) < 4.78 is 35.3. The van der Waals surface area contributed by atoms with Gasteiger partial charge in [-0.15, -0.1) is 0 Å². The van der Waals surface area contributed by atoms with E-state index in [4.69, 9.17) is 4.74 Å². The molecule has 2 fully saturated rings. The lowest BCUT2D eigenvalue weighted by Crippen LogP contribution is -2.57. The van der Waals surface area contributed by atoms with Gasteiger partial charge in [0.05, 0.1) is 29.7 Å². The number of rotatable bonds is 3. The standard InChI is InChI=1S/C25H26F2N6O2/c1-13-28-22(32-29-13)23(34)33-9-10-35-19(12-33)25-8-7-15(24(25,2)3)14-11-18(30-31-21(14)25)20-16(26)5-4-6-17(20)27/h4-6,11,15,19H,7-10,12H2,1-3H3,(H,28,29,32)/t15-,19+,25-/m0/s1. The van der Waals surface area contributed by atoms with Crippen molar-refractivity contribution in [1.82, 2.24) is 30.3 Å². The summed E-state index contributed by atoms with van der Waals surface area (Å²) in [6.45, 7) is 7.36. The van der Waals surface area contributed by atoms with Gasteiger partial charge >= 0.3 is 0 Å². The van der Waals surface area contributed by atoms with Crippen molar-refractivity contribution >= 4 is 5.91 Å². The third-order valence-corrected chi connectivity index (χ3v) is 8.39. The topological polar surface area (TPSA) is 96.9 Å². The minimum absolute atomic E-state index is 0.146. The van der Waals surface area contributed by atoms with Crippen LogP contribution in [0.2, 0.25) is 0 Å². The molecule has 3 atom stereocenters. The van der Waals surface area contributed by atoms with Crippen molar-refractivity contribution < 1.29 is 18.3 Å². The zero-order valence-electron chi connectivity index (χ0n) is 19.8. The third kappa shape index (κ3) is 3.01. The monoisotopic (exact) mass is 480 g/mol. The van der Waals surface area contributed by atoms with E-state index in [-0.39, 0.29) is 40.4 Å². The van der Waals surface area contributed by atoms with E-state index in [0.29, 0.717) is 25.5 Å². The fraction of sp³-hybridized carbons (Fsp3) is 0.480. The van der Waals surface area contributed by atoms with Crippen LogP contribution in [0.1, 0.15) is 60.3 Å². The molecule has 3 aliphatic rings. The molecule has 10 heteroatoms. The Hall–Kier alpha value is -3.27. The molecule has 2 aromatic heterocycles. The molecule has 8 nitrogen and oxygen atoms in total. The maximum absolute atomic E-state index is 14.5. The first-order valence-corrected chi connectivity index (χ1v) is 11.9. The summed E-state index contributed by atoms with van der Waals surface area (Å²) in [5.41, 5.74) is 1.10. The Morgan fingerprint density at radius 1 is 1.23 bits per heavy atom. The number of carbonyl (C=O) groups excluding carboxylic acids is 1. The number of amides is 1. The summed E-state index contributed by atoms with van der Waals surface area (Å²) in [6.07, 6.45) is 1.45. The second kappa shape index (κ2) is 7.61. The van der Waals surface area contributed by atoms with Gasteiger partial charge in [0.1, 0.15) is 17.5 Å². The predicted molar refractivity (Wildman–Crippen MR) is 122 cm³/mol. The number of aryl methyl sites for hydroxylation is 1. The zero-order chi connectivity index (χ0) is 24.5. The first kappa shape index (κ1) is 22.2. The molecule has 6 rings (SSSR count). The lowest BCUT2D eigenvalue weighted by atomic mass is 9.64. The molecule has 2 bridgehead atoms. The molecule has 1 amide bonds. The van der Waals surface area contributed by atoms with Crippen molar-refractivity contribution in [2.24, 2.45) is 5.41 Å². The highest BCUT2D eigenvalue weighted by atomic mass is 19.1. The fourth-order valence-electron chi connectivity index (χ4n) is 6.67. The van der Waals surface area contributed by atoms with Crippen LogP contribution in [0, 0.1) is 24.0 Å². The number of ether oxygens (including phenoxy) is 1. The summed E-state index contributed by atoms with van der Waals surface area (Å²) in [4.78, 5) is 19.0. The highest BCUT2D eigenvalue weighted by molar-refractivity contribution is 5.90. The molecule has 1 aliphatic heterocycles. The number of hydrogen-bond donors (Lipinski definition) is 1. The lowest BCUT2D eigenvalue weighted by molar-refractivity contribution is -0.0843. The number of H-pyrrole nitrogens is 1. The van der Waals surface area contributed by atoms with Crippen LogP contribution in [0.15, 0.2) is 24.3 Å². The number of hydrogen-bond acceptors (Lipinski definition) is 6. The van der Waals surface area contributed by atoms with Gasteiger partial charge in [-0.3, -0.25) is 9.89 Å². The van der Waals surface area contributed by atoms with Gasteiger partial charge in [0.2, 0.25) is 5.82 Å². The van der Waals surface area contributed by atoms with E-state index in [0.717, 1.165) is 24.1 Å². The number of aromatic nitrogens is 5. The summed E-state index contributed by atoms with van der Waals surface area (Å²) in [7, 11) is 0. The molecule has 1 saturated carbocycles. The summed E-state index contributed by atoms with van der Waals surface area (Å²) >= 11 is 0. The Kier molecular flexibility index (Phi) is 4.83. The predicted octanol–water partition coefficient (Wildman–Crippen LogP) is 3.54. The molecule has 0 spiro atoms. The number of morpholine rings is 1. The number of halogens is 2. The maximum atomic E-state index is 14.5. The molecule has 1 saturated heterocycles. The zero-order valence-corrected chi connectivity index (χ0v) is 19.8. The molecular formula is C25H26F2N6O2. The van der Waals surface area contributed by atoms with Gasteiger partial charge in [-0.05, 0) is 54.9 Å². The Balaban J connectivity index is 1.39. The Morgan fingerprint density at radius 3 is 2.71 bits per heavy atom. The molecule has 3 heterocycles. The van der Waals surface area contributed by atoms with E-state index in [9.17, 15) is 13.6 Å². The van der Waals surface area contributed by atoms with Crippen molar-refractivity contribution in [2.75, 3.05) is 19.7 Å². The molecule has 0 radical (unpaired) electrons. The molecule has 1 N–H and O–H groups in total. The molecule has 182 valence electrons. The summed E-state index contributed by atoms with van der Waals surface area (Å²) in [6, 6.07) is 5.58.